The van der Waals surface area contributed by atoms with Crippen LogP contribution in [-0.2, 0) is 11.3 Å². The molecular formula is C14H26N4O. The Hall–Kier alpha value is -1.36. The van der Waals surface area contributed by atoms with Crippen molar-refractivity contribution < 1.29 is 4.79 Å². The van der Waals surface area contributed by atoms with Gasteiger partial charge in [-0.05, 0) is 31.2 Å². The number of aromatic nitrogens is 2. The Balaban J connectivity index is 2.36. The van der Waals surface area contributed by atoms with E-state index in [0.29, 0.717) is 31.3 Å². The maximum absolute atomic E-state index is 12.1. The number of hydrogen-bond donors (Lipinski definition) is 2. The second-order valence-electron chi connectivity index (χ2n) is 5.48. The summed E-state index contributed by atoms with van der Waals surface area (Å²) in [6.45, 7) is 5.69. The fraction of sp³-hybridized carbons (Fsp3) is 0.714. The van der Waals surface area contributed by atoms with Crippen LogP contribution in [0.4, 0.5) is 0 Å². The molecular weight excluding hydrogens is 240 g/mol. The van der Waals surface area contributed by atoms with E-state index in [-0.39, 0.29) is 5.91 Å². The van der Waals surface area contributed by atoms with Gasteiger partial charge in [-0.1, -0.05) is 13.8 Å². The Morgan fingerprint density at radius 2 is 2.21 bits per heavy atom. The van der Waals surface area contributed by atoms with Gasteiger partial charge in [0.05, 0.1) is 6.20 Å². The van der Waals surface area contributed by atoms with Gasteiger partial charge in [-0.15, -0.1) is 0 Å². The highest BCUT2D eigenvalue weighted by atomic mass is 16.2. The standard InChI is InChI=1S/C14H26N4O/c1-11(2)13(6-7-15)4-5-14(19)18(3)10-12-8-16-17-9-12/h8-9,11,13H,4-7,10,15H2,1-3H3,(H,16,17). The lowest BCUT2D eigenvalue weighted by atomic mass is 9.88. The van der Waals surface area contributed by atoms with E-state index in [0.717, 1.165) is 18.4 Å². The van der Waals surface area contributed by atoms with Crippen molar-refractivity contribution in [1.29, 1.82) is 0 Å². The zero-order valence-corrected chi connectivity index (χ0v) is 12.2. The molecule has 3 N–H and O–H groups in total. The molecule has 1 unspecified atom stereocenters. The molecule has 0 saturated heterocycles. The SMILES string of the molecule is CC(C)C(CCN)CCC(=O)N(C)Cc1cn[nH]c1. The van der Waals surface area contributed by atoms with Gasteiger partial charge < -0.3 is 10.6 Å². The lowest BCUT2D eigenvalue weighted by Crippen LogP contribution is -2.27. The first kappa shape index (κ1) is 15.7. The number of rotatable bonds is 8. The van der Waals surface area contributed by atoms with Crippen LogP contribution in [-0.4, -0.2) is 34.6 Å². The van der Waals surface area contributed by atoms with Crippen LogP contribution in [0.1, 0.15) is 38.7 Å². The van der Waals surface area contributed by atoms with Gasteiger partial charge >= 0.3 is 0 Å². The van der Waals surface area contributed by atoms with Gasteiger partial charge in [0.25, 0.3) is 0 Å². The molecule has 5 nitrogen and oxygen atoms in total. The molecule has 1 heterocycles. The van der Waals surface area contributed by atoms with E-state index in [4.69, 9.17) is 5.73 Å². The molecule has 108 valence electrons. The summed E-state index contributed by atoms with van der Waals surface area (Å²) in [5.41, 5.74) is 6.64. The summed E-state index contributed by atoms with van der Waals surface area (Å²) in [5, 5.41) is 6.63. The molecule has 5 heteroatoms. The van der Waals surface area contributed by atoms with E-state index >= 15 is 0 Å². The van der Waals surface area contributed by atoms with Crippen molar-refractivity contribution in [3.8, 4) is 0 Å². The Morgan fingerprint density at radius 3 is 2.74 bits per heavy atom. The molecule has 0 aliphatic heterocycles. The number of nitrogens with one attached hydrogen (secondary N) is 1. The maximum atomic E-state index is 12.1. The quantitative estimate of drug-likeness (QED) is 0.753. The van der Waals surface area contributed by atoms with Crippen LogP contribution < -0.4 is 5.73 Å². The zero-order valence-electron chi connectivity index (χ0n) is 12.2. The van der Waals surface area contributed by atoms with Crippen molar-refractivity contribution >= 4 is 5.91 Å². The van der Waals surface area contributed by atoms with Crippen molar-refractivity contribution in [2.24, 2.45) is 17.6 Å². The van der Waals surface area contributed by atoms with E-state index in [1.807, 2.05) is 13.2 Å². The lowest BCUT2D eigenvalue weighted by Gasteiger charge is -2.22. The van der Waals surface area contributed by atoms with Crippen LogP contribution in [0.25, 0.3) is 0 Å². The largest absolute Gasteiger partial charge is 0.341 e. The molecule has 0 spiro atoms. The molecule has 1 aromatic heterocycles. The minimum atomic E-state index is 0.184. The number of carbonyl (C=O) groups is 1. The third kappa shape index (κ3) is 5.42. The molecule has 0 fully saturated rings. The molecule has 0 bridgehead atoms. The molecule has 0 saturated carbocycles. The molecule has 1 amide bonds. The van der Waals surface area contributed by atoms with E-state index < -0.39 is 0 Å². The molecule has 0 aromatic carbocycles. The minimum absolute atomic E-state index is 0.184. The van der Waals surface area contributed by atoms with Crippen LogP contribution in [0.2, 0.25) is 0 Å². The Kier molecular flexibility index (Phi) is 6.56. The highest BCUT2D eigenvalue weighted by Crippen LogP contribution is 2.20. The van der Waals surface area contributed by atoms with Crippen LogP contribution in [0.15, 0.2) is 12.4 Å². The van der Waals surface area contributed by atoms with E-state index in [1.54, 1.807) is 11.1 Å². The summed E-state index contributed by atoms with van der Waals surface area (Å²) >= 11 is 0. The highest BCUT2D eigenvalue weighted by molar-refractivity contribution is 5.75. The van der Waals surface area contributed by atoms with Gasteiger partial charge in [-0.3, -0.25) is 9.89 Å². The van der Waals surface area contributed by atoms with Gasteiger partial charge in [0.15, 0.2) is 0 Å². The number of nitrogens with zero attached hydrogens (tertiary/aromatic N) is 2. The van der Waals surface area contributed by atoms with Crippen LogP contribution >= 0.6 is 0 Å². The predicted molar refractivity (Wildman–Crippen MR) is 76.3 cm³/mol. The molecule has 0 aliphatic rings. The summed E-state index contributed by atoms with van der Waals surface area (Å²) in [6, 6.07) is 0. The average molecular weight is 266 g/mol. The number of amides is 1. The summed E-state index contributed by atoms with van der Waals surface area (Å²) in [5.74, 6) is 1.30. The number of hydrogen-bond acceptors (Lipinski definition) is 3. The van der Waals surface area contributed by atoms with Crippen LogP contribution in [0, 0.1) is 11.8 Å². The highest BCUT2D eigenvalue weighted by Gasteiger charge is 2.16. The van der Waals surface area contributed by atoms with Gasteiger partial charge in [-0.2, -0.15) is 5.10 Å². The van der Waals surface area contributed by atoms with E-state index in [1.165, 1.54) is 0 Å². The second kappa shape index (κ2) is 7.94. The molecule has 1 aromatic rings. The molecule has 0 aliphatic carbocycles. The topological polar surface area (TPSA) is 75.0 Å². The predicted octanol–water partition coefficient (Wildman–Crippen LogP) is 1.77. The molecule has 19 heavy (non-hydrogen) atoms. The number of aromatic amines is 1. The van der Waals surface area contributed by atoms with Gasteiger partial charge in [-0.25, -0.2) is 0 Å². The van der Waals surface area contributed by atoms with Gasteiger partial charge in [0.2, 0.25) is 5.91 Å². The van der Waals surface area contributed by atoms with Gasteiger partial charge in [0.1, 0.15) is 0 Å². The van der Waals surface area contributed by atoms with Crippen molar-refractivity contribution in [3.63, 3.8) is 0 Å². The zero-order chi connectivity index (χ0) is 14.3. The van der Waals surface area contributed by atoms with E-state index in [2.05, 4.69) is 24.0 Å². The average Bonchev–Trinajstić information content (AvgIpc) is 2.86. The number of nitrogens with two attached hydrogens (primary N) is 1. The summed E-state index contributed by atoms with van der Waals surface area (Å²) in [4.78, 5) is 13.8. The first-order chi connectivity index (χ1) is 9.04. The Labute approximate surface area is 115 Å². The monoisotopic (exact) mass is 266 g/mol. The minimum Gasteiger partial charge on any atom is -0.341 e. The number of H-pyrrole nitrogens is 1. The van der Waals surface area contributed by atoms with E-state index in [9.17, 15) is 4.79 Å². The first-order valence-electron chi connectivity index (χ1n) is 6.96. The summed E-state index contributed by atoms with van der Waals surface area (Å²) in [7, 11) is 1.84. The number of carbonyl (C=O) groups excluding carboxylic acids is 1. The fourth-order valence-electron chi connectivity index (χ4n) is 2.25. The second-order valence-corrected chi connectivity index (χ2v) is 5.48. The summed E-state index contributed by atoms with van der Waals surface area (Å²) < 4.78 is 0. The van der Waals surface area contributed by atoms with Crippen molar-refractivity contribution in [2.45, 2.75) is 39.7 Å². The van der Waals surface area contributed by atoms with Crippen molar-refractivity contribution in [1.82, 2.24) is 15.1 Å². The maximum Gasteiger partial charge on any atom is 0.222 e. The third-order valence-corrected chi connectivity index (χ3v) is 3.61. The first-order valence-corrected chi connectivity index (χ1v) is 6.96. The third-order valence-electron chi connectivity index (χ3n) is 3.61. The normalized spacial score (nSPS) is 12.7. The van der Waals surface area contributed by atoms with Crippen LogP contribution in [0.3, 0.4) is 0 Å². The summed E-state index contributed by atoms with van der Waals surface area (Å²) in [6.07, 6.45) is 6.07. The Bertz CT molecular complexity index is 362. The molecule has 1 atom stereocenters. The lowest BCUT2D eigenvalue weighted by molar-refractivity contribution is -0.130. The van der Waals surface area contributed by atoms with Gasteiger partial charge in [0, 0.05) is 31.8 Å². The Morgan fingerprint density at radius 1 is 1.47 bits per heavy atom. The smallest absolute Gasteiger partial charge is 0.222 e. The fourth-order valence-corrected chi connectivity index (χ4v) is 2.25. The molecule has 1 rings (SSSR count). The van der Waals surface area contributed by atoms with Crippen molar-refractivity contribution in [2.75, 3.05) is 13.6 Å². The van der Waals surface area contributed by atoms with Crippen LogP contribution in [0.5, 0.6) is 0 Å². The van der Waals surface area contributed by atoms with Crippen molar-refractivity contribution in [3.05, 3.63) is 18.0 Å². The molecule has 0 radical (unpaired) electrons.